The fourth-order valence-corrected chi connectivity index (χ4v) is 5.17. The summed E-state index contributed by atoms with van der Waals surface area (Å²) in [5, 5.41) is 0. The van der Waals surface area contributed by atoms with E-state index in [4.69, 9.17) is 0 Å². The molecule has 1 heterocycles. The smallest absolute Gasteiger partial charge is 0.137 e. The van der Waals surface area contributed by atoms with Gasteiger partial charge in [0.25, 0.3) is 0 Å². The Labute approximate surface area is 130 Å². The molecule has 2 aliphatic carbocycles. The molecule has 3 rings (SSSR count). The lowest BCUT2D eigenvalue weighted by Crippen LogP contribution is -2.52. The molecule has 21 heavy (non-hydrogen) atoms. The molecule has 1 saturated heterocycles. The Balaban J connectivity index is 1.65. The van der Waals surface area contributed by atoms with E-state index in [0.29, 0.717) is 17.7 Å². The molecule has 0 bridgehead atoms. The number of ketones is 1. The van der Waals surface area contributed by atoms with Gasteiger partial charge in [-0.2, -0.15) is 0 Å². The zero-order chi connectivity index (χ0) is 14.7. The van der Waals surface area contributed by atoms with Crippen LogP contribution < -0.4 is 0 Å². The normalized spacial score (nSPS) is 39.4. The lowest BCUT2D eigenvalue weighted by atomic mass is 9.76. The molecule has 0 aromatic rings. The van der Waals surface area contributed by atoms with Crippen molar-refractivity contribution in [3.8, 4) is 0 Å². The van der Waals surface area contributed by atoms with Crippen LogP contribution in [0.15, 0.2) is 0 Å². The van der Waals surface area contributed by atoms with Crippen molar-refractivity contribution in [3.05, 3.63) is 0 Å². The van der Waals surface area contributed by atoms with E-state index in [9.17, 15) is 4.79 Å². The van der Waals surface area contributed by atoms with E-state index >= 15 is 0 Å². The molecule has 0 N–H and O–H groups in total. The maximum atomic E-state index is 12.4. The Morgan fingerprint density at radius 3 is 2.43 bits per heavy atom. The molecule has 2 saturated carbocycles. The second kappa shape index (κ2) is 7.26. The van der Waals surface area contributed by atoms with E-state index in [0.717, 1.165) is 24.8 Å². The van der Waals surface area contributed by atoms with Crippen LogP contribution in [0.1, 0.15) is 84.0 Å². The van der Waals surface area contributed by atoms with Gasteiger partial charge in [0.15, 0.2) is 0 Å². The summed E-state index contributed by atoms with van der Waals surface area (Å²) in [6, 6.07) is 1.38. The first-order valence-corrected chi connectivity index (χ1v) is 9.58. The van der Waals surface area contributed by atoms with E-state index in [1.807, 2.05) is 0 Å². The molecule has 1 aliphatic heterocycles. The predicted octanol–water partition coefficient (Wildman–Crippen LogP) is 4.57. The third-order valence-electron chi connectivity index (χ3n) is 6.52. The summed E-state index contributed by atoms with van der Waals surface area (Å²) in [6.07, 6.45) is 15.4. The molecule has 2 heteroatoms. The topological polar surface area (TPSA) is 20.3 Å². The number of Topliss-reactive ketones (excluding diaryl/α,β-unsaturated/α-hetero) is 1. The molecular weight excluding hydrogens is 258 g/mol. The SMILES string of the molecule is CCC1CCC(N2CCCCC2C2CCCCC2=O)CC1. The Kier molecular flexibility index (Phi) is 5.37. The highest BCUT2D eigenvalue weighted by atomic mass is 16.1. The molecule has 0 radical (unpaired) electrons. The third kappa shape index (κ3) is 3.52. The minimum atomic E-state index is 0.378. The Morgan fingerprint density at radius 1 is 0.952 bits per heavy atom. The molecule has 0 aromatic carbocycles. The number of carbonyl (C=O) groups is 1. The Morgan fingerprint density at radius 2 is 1.71 bits per heavy atom. The highest BCUT2D eigenvalue weighted by molar-refractivity contribution is 5.82. The summed E-state index contributed by atoms with van der Waals surface area (Å²) in [5.74, 6) is 1.93. The number of piperidine rings is 1. The number of carbonyl (C=O) groups excluding carboxylic acids is 1. The third-order valence-corrected chi connectivity index (χ3v) is 6.52. The lowest BCUT2D eigenvalue weighted by Gasteiger charge is -2.47. The predicted molar refractivity (Wildman–Crippen MR) is 87.3 cm³/mol. The number of nitrogens with zero attached hydrogens (tertiary/aromatic N) is 1. The average Bonchev–Trinajstić information content (AvgIpc) is 2.55. The van der Waals surface area contributed by atoms with Crippen LogP contribution in [0.2, 0.25) is 0 Å². The van der Waals surface area contributed by atoms with Gasteiger partial charge in [-0.3, -0.25) is 9.69 Å². The minimum Gasteiger partial charge on any atom is -0.299 e. The van der Waals surface area contributed by atoms with Crippen molar-refractivity contribution >= 4 is 5.78 Å². The van der Waals surface area contributed by atoms with E-state index in [1.165, 1.54) is 70.8 Å². The largest absolute Gasteiger partial charge is 0.299 e. The van der Waals surface area contributed by atoms with Crippen molar-refractivity contribution in [2.45, 2.75) is 96.1 Å². The van der Waals surface area contributed by atoms with Crippen LogP contribution in [0.4, 0.5) is 0 Å². The van der Waals surface area contributed by atoms with Crippen LogP contribution in [0.3, 0.4) is 0 Å². The summed E-state index contributed by atoms with van der Waals surface area (Å²) in [5.41, 5.74) is 0. The number of hydrogen-bond donors (Lipinski definition) is 0. The first kappa shape index (κ1) is 15.5. The van der Waals surface area contributed by atoms with Crippen LogP contribution in [0, 0.1) is 11.8 Å². The van der Waals surface area contributed by atoms with Crippen molar-refractivity contribution in [1.82, 2.24) is 4.90 Å². The molecular formula is C19H33NO. The molecule has 0 aromatic heterocycles. The van der Waals surface area contributed by atoms with Gasteiger partial charge >= 0.3 is 0 Å². The number of likely N-dealkylation sites (tertiary alicyclic amines) is 1. The van der Waals surface area contributed by atoms with Gasteiger partial charge in [0.2, 0.25) is 0 Å². The van der Waals surface area contributed by atoms with Crippen LogP contribution in [-0.2, 0) is 4.79 Å². The zero-order valence-electron chi connectivity index (χ0n) is 13.9. The van der Waals surface area contributed by atoms with Gasteiger partial charge in [0.05, 0.1) is 0 Å². The minimum absolute atomic E-state index is 0.378. The standard InChI is InChI=1S/C19H33NO/c1-2-15-10-12-16(13-11-15)20-14-6-5-8-18(20)17-7-3-4-9-19(17)21/h15-18H,2-14H2,1H3. The van der Waals surface area contributed by atoms with Crippen LogP contribution in [0.5, 0.6) is 0 Å². The van der Waals surface area contributed by atoms with Gasteiger partial charge in [-0.05, 0) is 63.8 Å². The Bertz CT molecular complexity index is 345. The second-order valence-electron chi connectivity index (χ2n) is 7.70. The summed E-state index contributed by atoms with van der Waals surface area (Å²) < 4.78 is 0. The van der Waals surface area contributed by atoms with Gasteiger partial charge in [0, 0.05) is 24.4 Å². The molecule has 120 valence electrons. The van der Waals surface area contributed by atoms with Gasteiger partial charge in [-0.15, -0.1) is 0 Å². The first-order valence-electron chi connectivity index (χ1n) is 9.58. The summed E-state index contributed by atoms with van der Waals surface area (Å²) in [4.78, 5) is 15.2. The van der Waals surface area contributed by atoms with Crippen molar-refractivity contribution in [3.63, 3.8) is 0 Å². The molecule has 3 fully saturated rings. The van der Waals surface area contributed by atoms with Crippen LogP contribution in [0.25, 0.3) is 0 Å². The van der Waals surface area contributed by atoms with Crippen LogP contribution >= 0.6 is 0 Å². The highest BCUT2D eigenvalue weighted by Gasteiger charge is 2.38. The molecule has 3 aliphatic rings. The maximum Gasteiger partial charge on any atom is 0.137 e. The van der Waals surface area contributed by atoms with Crippen molar-refractivity contribution in [1.29, 1.82) is 0 Å². The second-order valence-corrected chi connectivity index (χ2v) is 7.70. The molecule has 2 unspecified atom stereocenters. The van der Waals surface area contributed by atoms with E-state index in [2.05, 4.69) is 11.8 Å². The van der Waals surface area contributed by atoms with Gasteiger partial charge < -0.3 is 0 Å². The Hall–Kier alpha value is -0.370. The monoisotopic (exact) mass is 291 g/mol. The van der Waals surface area contributed by atoms with E-state index < -0.39 is 0 Å². The highest BCUT2D eigenvalue weighted by Crippen LogP contribution is 2.37. The summed E-state index contributed by atoms with van der Waals surface area (Å²) >= 11 is 0. The van der Waals surface area contributed by atoms with Gasteiger partial charge in [0.1, 0.15) is 5.78 Å². The molecule has 0 spiro atoms. The van der Waals surface area contributed by atoms with Crippen molar-refractivity contribution in [2.75, 3.05) is 6.54 Å². The molecule has 0 amide bonds. The molecule has 2 atom stereocenters. The quantitative estimate of drug-likeness (QED) is 0.759. The zero-order valence-corrected chi connectivity index (χ0v) is 13.9. The van der Waals surface area contributed by atoms with Gasteiger partial charge in [-0.25, -0.2) is 0 Å². The fourth-order valence-electron chi connectivity index (χ4n) is 5.17. The average molecular weight is 291 g/mol. The maximum absolute atomic E-state index is 12.4. The summed E-state index contributed by atoms with van der Waals surface area (Å²) in [7, 11) is 0. The summed E-state index contributed by atoms with van der Waals surface area (Å²) in [6.45, 7) is 3.60. The van der Waals surface area contributed by atoms with E-state index in [1.54, 1.807) is 0 Å². The number of rotatable bonds is 3. The lowest BCUT2D eigenvalue weighted by molar-refractivity contribution is -0.128. The van der Waals surface area contributed by atoms with Crippen LogP contribution in [-0.4, -0.2) is 29.3 Å². The number of hydrogen-bond acceptors (Lipinski definition) is 2. The van der Waals surface area contributed by atoms with Crippen molar-refractivity contribution in [2.24, 2.45) is 11.8 Å². The van der Waals surface area contributed by atoms with E-state index in [-0.39, 0.29) is 0 Å². The fraction of sp³-hybridized carbons (Fsp3) is 0.947. The first-order chi connectivity index (χ1) is 10.3. The molecule has 2 nitrogen and oxygen atoms in total. The van der Waals surface area contributed by atoms with Crippen molar-refractivity contribution < 1.29 is 4.79 Å². The van der Waals surface area contributed by atoms with Gasteiger partial charge in [-0.1, -0.05) is 26.2 Å².